The van der Waals surface area contributed by atoms with E-state index < -0.39 is 10.0 Å². The Balaban J connectivity index is 2.98. The summed E-state index contributed by atoms with van der Waals surface area (Å²) in [5.41, 5.74) is 2.79. The number of anilines is 1. The highest BCUT2D eigenvalue weighted by Crippen LogP contribution is 2.28. The van der Waals surface area contributed by atoms with Crippen molar-refractivity contribution in [2.45, 2.75) is 52.9 Å². The van der Waals surface area contributed by atoms with Crippen LogP contribution in [0.3, 0.4) is 0 Å². The van der Waals surface area contributed by atoms with Crippen molar-refractivity contribution in [1.29, 1.82) is 0 Å². The number of amides is 1. The minimum absolute atomic E-state index is 0.0233. The molecule has 0 aromatic heterocycles. The normalized spacial score (nSPS) is 11.3. The van der Waals surface area contributed by atoms with E-state index in [-0.39, 0.29) is 12.5 Å². The number of carbonyl (C=O) groups excluding carboxylic acids is 1. The quantitative estimate of drug-likeness (QED) is 0.702. The van der Waals surface area contributed by atoms with E-state index in [1.807, 2.05) is 39.0 Å². The molecule has 0 radical (unpaired) electrons. The minimum atomic E-state index is -3.42. The molecule has 136 valence electrons. The van der Waals surface area contributed by atoms with Gasteiger partial charge in [-0.1, -0.05) is 45.4 Å². The molecule has 0 aliphatic rings. The van der Waals surface area contributed by atoms with Crippen molar-refractivity contribution in [2.24, 2.45) is 0 Å². The van der Waals surface area contributed by atoms with Crippen molar-refractivity contribution in [3.8, 4) is 0 Å². The Kier molecular flexibility index (Phi) is 8.25. The SMILES string of the molecule is CCCCC(=O)NCCN(c1c(CC)cccc1CC)S(C)(=O)=O. The fraction of sp³-hybridized carbons (Fsp3) is 0.611. The summed E-state index contributed by atoms with van der Waals surface area (Å²) in [6, 6.07) is 5.90. The molecule has 1 aromatic carbocycles. The summed E-state index contributed by atoms with van der Waals surface area (Å²) in [5.74, 6) is -0.0233. The van der Waals surface area contributed by atoms with Crippen LogP contribution in [0.2, 0.25) is 0 Å². The monoisotopic (exact) mass is 354 g/mol. The molecule has 6 heteroatoms. The van der Waals surface area contributed by atoms with Crippen LogP contribution in [-0.2, 0) is 27.7 Å². The third-order valence-corrected chi connectivity index (χ3v) is 5.17. The van der Waals surface area contributed by atoms with Gasteiger partial charge in [0.15, 0.2) is 0 Å². The fourth-order valence-corrected chi connectivity index (χ4v) is 3.69. The van der Waals surface area contributed by atoms with E-state index in [4.69, 9.17) is 0 Å². The average Bonchev–Trinajstić information content (AvgIpc) is 2.55. The van der Waals surface area contributed by atoms with Gasteiger partial charge in [0.25, 0.3) is 0 Å². The van der Waals surface area contributed by atoms with E-state index in [1.54, 1.807) is 0 Å². The lowest BCUT2D eigenvalue weighted by Crippen LogP contribution is -2.39. The summed E-state index contributed by atoms with van der Waals surface area (Å²) in [4.78, 5) is 11.7. The summed E-state index contributed by atoms with van der Waals surface area (Å²) in [6.07, 6.45) is 5.04. The fourth-order valence-electron chi connectivity index (χ4n) is 2.70. The average molecular weight is 355 g/mol. The van der Waals surface area contributed by atoms with Crippen LogP contribution in [0.1, 0.15) is 51.2 Å². The van der Waals surface area contributed by atoms with Crippen LogP contribution in [0.5, 0.6) is 0 Å². The van der Waals surface area contributed by atoms with Crippen LogP contribution >= 0.6 is 0 Å². The van der Waals surface area contributed by atoms with Gasteiger partial charge in [-0.25, -0.2) is 8.42 Å². The first-order valence-corrected chi connectivity index (χ1v) is 10.5. The lowest BCUT2D eigenvalue weighted by Gasteiger charge is -2.27. The highest BCUT2D eigenvalue weighted by molar-refractivity contribution is 7.92. The van der Waals surface area contributed by atoms with E-state index in [1.165, 1.54) is 10.6 Å². The largest absolute Gasteiger partial charge is 0.354 e. The van der Waals surface area contributed by atoms with Gasteiger partial charge in [0.1, 0.15) is 0 Å². The highest BCUT2D eigenvalue weighted by Gasteiger charge is 2.22. The molecule has 0 bridgehead atoms. The zero-order valence-corrected chi connectivity index (χ0v) is 16.1. The predicted octanol–water partition coefficient (Wildman–Crippen LogP) is 2.88. The van der Waals surface area contributed by atoms with Gasteiger partial charge in [-0.2, -0.15) is 0 Å². The molecule has 1 aromatic rings. The number of benzene rings is 1. The van der Waals surface area contributed by atoms with Crippen molar-refractivity contribution >= 4 is 21.6 Å². The minimum Gasteiger partial charge on any atom is -0.354 e. The van der Waals surface area contributed by atoms with Gasteiger partial charge in [-0.3, -0.25) is 9.10 Å². The molecule has 0 fully saturated rings. The molecule has 0 spiro atoms. The topological polar surface area (TPSA) is 66.5 Å². The number of aryl methyl sites for hydroxylation is 2. The highest BCUT2D eigenvalue weighted by atomic mass is 32.2. The van der Waals surface area contributed by atoms with Gasteiger partial charge >= 0.3 is 0 Å². The number of hydrogen-bond donors (Lipinski definition) is 1. The number of para-hydroxylation sites is 1. The van der Waals surface area contributed by atoms with E-state index in [0.29, 0.717) is 13.0 Å². The third-order valence-electron chi connectivity index (χ3n) is 4.01. The van der Waals surface area contributed by atoms with Crippen molar-refractivity contribution in [2.75, 3.05) is 23.7 Å². The molecule has 0 heterocycles. The maximum atomic E-state index is 12.3. The van der Waals surface area contributed by atoms with Gasteiger partial charge in [0.05, 0.1) is 18.5 Å². The number of nitrogens with one attached hydrogen (secondary N) is 1. The van der Waals surface area contributed by atoms with E-state index in [9.17, 15) is 13.2 Å². The Hall–Kier alpha value is -1.56. The molecule has 1 rings (SSSR count). The van der Waals surface area contributed by atoms with E-state index >= 15 is 0 Å². The van der Waals surface area contributed by atoms with Crippen molar-refractivity contribution in [3.63, 3.8) is 0 Å². The molecular formula is C18H30N2O3S. The number of rotatable bonds is 10. The second-order valence-corrected chi connectivity index (χ2v) is 7.83. The maximum absolute atomic E-state index is 12.3. The molecule has 24 heavy (non-hydrogen) atoms. The van der Waals surface area contributed by atoms with E-state index in [2.05, 4.69) is 5.32 Å². The number of unbranched alkanes of at least 4 members (excludes halogenated alkanes) is 1. The van der Waals surface area contributed by atoms with Gasteiger partial charge in [-0.15, -0.1) is 0 Å². The van der Waals surface area contributed by atoms with Crippen molar-refractivity contribution in [1.82, 2.24) is 5.32 Å². The Labute approximate surface area is 146 Å². The zero-order valence-electron chi connectivity index (χ0n) is 15.3. The molecule has 0 saturated carbocycles. The van der Waals surface area contributed by atoms with Gasteiger partial charge in [0, 0.05) is 13.0 Å². The number of carbonyl (C=O) groups is 1. The van der Waals surface area contributed by atoms with Crippen LogP contribution in [0, 0.1) is 0 Å². The second-order valence-electron chi connectivity index (χ2n) is 5.92. The Morgan fingerprint density at radius 3 is 2.17 bits per heavy atom. The summed E-state index contributed by atoms with van der Waals surface area (Å²) in [6.45, 7) is 6.64. The molecule has 0 saturated heterocycles. The first-order chi connectivity index (χ1) is 11.3. The van der Waals surface area contributed by atoms with Gasteiger partial charge < -0.3 is 5.32 Å². The molecule has 0 atom stereocenters. The molecule has 1 amide bonds. The molecular weight excluding hydrogens is 324 g/mol. The summed E-state index contributed by atoms with van der Waals surface area (Å²) >= 11 is 0. The molecule has 0 unspecified atom stereocenters. The van der Waals surface area contributed by atoms with Crippen molar-refractivity contribution in [3.05, 3.63) is 29.3 Å². The Bertz CT molecular complexity index is 619. The second kappa shape index (κ2) is 9.67. The Morgan fingerprint density at radius 1 is 1.12 bits per heavy atom. The van der Waals surface area contributed by atoms with Gasteiger partial charge in [-0.05, 0) is 30.4 Å². The van der Waals surface area contributed by atoms with Crippen LogP contribution in [0.25, 0.3) is 0 Å². The van der Waals surface area contributed by atoms with Crippen LogP contribution in [0.15, 0.2) is 18.2 Å². The number of hydrogen-bond acceptors (Lipinski definition) is 3. The van der Waals surface area contributed by atoms with Crippen molar-refractivity contribution < 1.29 is 13.2 Å². The summed E-state index contributed by atoms with van der Waals surface area (Å²) in [5, 5.41) is 2.82. The third kappa shape index (κ3) is 5.82. The lowest BCUT2D eigenvalue weighted by molar-refractivity contribution is -0.121. The van der Waals surface area contributed by atoms with Crippen LogP contribution in [0.4, 0.5) is 5.69 Å². The summed E-state index contributed by atoms with van der Waals surface area (Å²) < 4.78 is 26.1. The molecule has 0 aliphatic heterocycles. The van der Waals surface area contributed by atoms with E-state index in [0.717, 1.165) is 42.5 Å². The van der Waals surface area contributed by atoms with Crippen LogP contribution < -0.4 is 9.62 Å². The molecule has 5 nitrogen and oxygen atoms in total. The predicted molar refractivity (Wildman–Crippen MR) is 99.9 cm³/mol. The first-order valence-electron chi connectivity index (χ1n) is 8.70. The smallest absolute Gasteiger partial charge is 0.232 e. The molecule has 1 N–H and O–H groups in total. The Morgan fingerprint density at radius 2 is 1.71 bits per heavy atom. The van der Waals surface area contributed by atoms with Crippen LogP contribution in [-0.4, -0.2) is 33.7 Å². The number of sulfonamides is 1. The first kappa shape index (κ1) is 20.5. The maximum Gasteiger partial charge on any atom is 0.232 e. The zero-order chi connectivity index (χ0) is 18.2. The number of nitrogens with zero attached hydrogens (tertiary/aromatic N) is 1. The lowest BCUT2D eigenvalue weighted by atomic mass is 10.0. The molecule has 0 aliphatic carbocycles. The summed E-state index contributed by atoms with van der Waals surface area (Å²) in [7, 11) is -3.42. The standard InChI is InChI=1S/C18H30N2O3S/c1-5-8-12-17(21)19-13-14-20(24(4,22)23)18-15(6-2)10-9-11-16(18)7-3/h9-11H,5-8,12-14H2,1-4H3,(H,19,21). The van der Waals surface area contributed by atoms with Gasteiger partial charge in [0.2, 0.25) is 15.9 Å².